The third kappa shape index (κ3) is 3.26. The minimum atomic E-state index is 0.243. The molecule has 3 unspecified atom stereocenters. The lowest BCUT2D eigenvalue weighted by atomic mass is 9.96. The molecule has 3 rings (SSSR count). The molecular weight excluding hydrogens is 258 g/mol. The van der Waals surface area contributed by atoms with Gasteiger partial charge in [-0.05, 0) is 75.1 Å². The van der Waals surface area contributed by atoms with Crippen molar-refractivity contribution >= 4 is 0 Å². The van der Waals surface area contributed by atoms with Gasteiger partial charge in [0.2, 0.25) is 0 Å². The van der Waals surface area contributed by atoms with Gasteiger partial charge in [0.05, 0.1) is 6.10 Å². The van der Waals surface area contributed by atoms with E-state index in [1.165, 1.54) is 31.2 Å². The number of fused-ring (bicyclic) bond motifs is 1. The van der Waals surface area contributed by atoms with Crippen molar-refractivity contribution in [2.24, 2.45) is 17.8 Å². The number of nitrogens with one attached hydrogen (secondary N) is 1. The van der Waals surface area contributed by atoms with E-state index in [9.17, 15) is 0 Å². The number of hydrogen-bond acceptors (Lipinski definition) is 2. The maximum atomic E-state index is 5.76. The van der Waals surface area contributed by atoms with E-state index in [-0.39, 0.29) is 6.10 Å². The zero-order chi connectivity index (χ0) is 14.8. The maximum Gasteiger partial charge on any atom is 0.119 e. The van der Waals surface area contributed by atoms with Crippen LogP contribution in [0.1, 0.15) is 58.1 Å². The van der Waals surface area contributed by atoms with Crippen molar-refractivity contribution in [3.05, 3.63) is 29.8 Å². The fraction of sp³-hybridized carbons (Fsp3) is 0.684. The minimum absolute atomic E-state index is 0.243. The monoisotopic (exact) mass is 287 g/mol. The van der Waals surface area contributed by atoms with Crippen LogP contribution in [-0.2, 0) is 0 Å². The van der Waals surface area contributed by atoms with Gasteiger partial charge in [-0.25, -0.2) is 0 Å². The summed E-state index contributed by atoms with van der Waals surface area (Å²) in [5.41, 5.74) is 1.44. The number of ether oxygens (including phenoxy) is 1. The van der Waals surface area contributed by atoms with E-state index in [4.69, 9.17) is 4.74 Å². The zero-order valence-corrected chi connectivity index (χ0v) is 13.6. The average Bonchev–Trinajstić information content (AvgIpc) is 2.93. The molecule has 116 valence electrons. The predicted molar refractivity (Wildman–Crippen MR) is 87.6 cm³/mol. The molecule has 2 aliphatic carbocycles. The first-order chi connectivity index (χ1) is 10.2. The molecule has 2 heteroatoms. The van der Waals surface area contributed by atoms with Gasteiger partial charge in [-0.15, -0.1) is 0 Å². The van der Waals surface area contributed by atoms with Crippen LogP contribution in [0.5, 0.6) is 5.75 Å². The predicted octanol–water partition coefficient (Wildman–Crippen LogP) is 4.56. The van der Waals surface area contributed by atoms with Gasteiger partial charge in [-0.3, -0.25) is 0 Å². The Hall–Kier alpha value is -1.02. The number of hydrogen-bond donors (Lipinski definition) is 1. The number of rotatable bonds is 7. The maximum absolute atomic E-state index is 5.76. The van der Waals surface area contributed by atoms with Gasteiger partial charge < -0.3 is 10.1 Å². The first-order valence-corrected chi connectivity index (χ1v) is 8.70. The Kier molecular flexibility index (Phi) is 4.54. The zero-order valence-electron chi connectivity index (χ0n) is 13.6. The topological polar surface area (TPSA) is 21.3 Å². The molecule has 0 aliphatic heterocycles. The summed E-state index contributed by atoms with van der Waals surface area (Å²) in [4.78, 5) is 0. The van der Waals surface area contributed by atoms with Gasteiger partial charge in [0.25, 0.3) is 0 Å². The summed E-state index contributed by atoms with van der Waals surface area (Å²) in [5.74, 6) is 3.85. The van der Waals surface area contributed by atoms with Crippen LogP contribution in [0, 0.1) is 17.8 Å². The van der Waals surface area contributed by atoms with Crippen LogP contribution < -0.4 is 10.1 Å². The molecule has 2 aliphatic rings. The Morgan fingerprint density at radius 3 is 2.38 bits per heavy atom. The van der Waals surface area contributed by atoms with E-state index in [1.807, 2.05) is 0 Å². The van der Waals surface area contributed by atoms with Gasteiger partial charge in [0.15, 0.2) is 0 Å². The smallest absolute Gasteiger partial charge is 0.119 e. The van der Waals surface area contributed by atoms with Crippen LogP contribution in [0.25, 0.3) is 0 Å². The number of benzene rings is 1. The van der Waals surface area contributed by atoms with E-state index >= 15 is 0 Å². The second-order valence-corrected chi connectivity index (χ2v) is 7.00. The summed E-state index contributed by atoms with van der Waals surface area (Å²) >= 11 is 0. The molecule has 0 saturated heterocycles. The second kappa shape index (κ2) is 6.39. The summed E-state index contributed by atoms with van der Waals surface area (Å²) < 4.78 is 5.76. The van der Waals surface area contributed by atoms with Crippen LogP contribution in [0.2, 0.25) is 0 Å². The molecule has 1 N–H and O–H groups in total. The SMILES string of the molecule is CCCNC(c1ccc(OC(C)C)cc1)C1C2CCCC21. The fourth-order valence-corrected chi connectivity index (χ4v) is 4.17. The quantitative estimate of drug-likeness (QED) is 0.793. The molecule has 2 fully saturated rings. The molecule has 3 atom stereocenters. The Labute approximate surface area is 129 Å². The lowest BCUT2D eigenvalue weighted by molar-refractivity contribution is 0.242. The highest BCUT2D eigenvalue weighted by Crippen LogP contribution is 2.62. The van der Waals surface area contributed by atoms with Crippen molar-refractivity contribution < 1.29 is 4.74 Å². The van der Waals surface area contributed by atoms with Gasteiger partial charge in [0.1, 0.15) is 5.75 Å². The second-order valence-electron chi connectivity index (χ2n) is 7.00. The van der Waals surface area contributed by atoms with Crippen molar-refractivity contribution in [3.63, 3.8) is 0 Å². The van der Waals surface area contributed by atoms with E-state index in [0.717, 1.165) is 30.0 Å². The van der Waals surface area contributed by atoms with Gasteiger partial charge >= 0.3 is 0 Å². The van der Waals surface area contributed by atoms with Gasteiger partial charge in [-0.2, -0.15) is 0 Å². The highest BCUT2D eigenvalue weighted by Gasteiger charge is 2.55. The molecule has 0 spiro atoms. The highest BCUT2D eigenvalue weighted by molar-refractivity contribution is 5.31. The van der Waals surface area contributed by atoms with E-state index in [1.54, 1.807) is 0 Å². The van der Waals surface area contributed by atoms with Gasteiger partial charge in [0, 0.05) is 6.04 Å². The summed E-state index contributed by atoms with van der Waals surface area (Å²) in [6.07, 6.45) is 5.80. The van der Waals surface area contributed by atoms with Crippen LogP contribution in [0.4, 0.5) is 0 Å². The van der Waals surface area contributed by atoms with E-state index < -0.39 is 0 Å². The molecule has 0 aromatic heterocycles. The molecule has 1 aromatic carbocycles. The normalized spacial score (nSPS) is 28.5. The van der Waals surface area contributed by atoms with Gasteiger partial charge in [-0.1, -0.05) is 25.5 Å². The molecule has 0 bridgehead atoms. The molecule has 1 aromatic rings. The van der Waals surface area contributed by atoms with E-state index in [0.29, 0.717) is 6.04 Å². The molecular formula is C19H29NO. The highest BCUT2D eigenvalue weighted by atomic mass is 16.5. The van der Waals surface area contributed by atoms with Crippen molar-refractivity contribution in [2.75, 3.05) is 6.54 Å². The Morgan fingerprint density at radius 1 is 1.14 bits per heavy atom. The third-order valence-corrected chi connectivity index (χ3v) is 5.08. The molecule has 2 saturated carbocycles. The first-order valence-electron chi connectivity index (χ1n) is 8.70. The molecule has 0 heterocycles. The molecule has 21 heavy (non-hydrogen) atoms. The summed E-state index contributed by atoms with van der Waals surface area (Å²) in [5, 5.41) is 3.80. The first kappa shape index (κ1) is 14.9. The van der Waals surface area contributed by atoms with E-state index in [2.05, 4.69) is 50.4 Å². The Bertz CT molecular complexity index is 443. The van der Waals surface area contributed by atoms with Crippen LogP contribution in [0.15, 0.2) is 24.3 Å². The summed E-state index contributed by atoms with van der Waals surface area (Å²) in [6, 6.07) is 9.34. The van der Waals surface area contributed by atoms with Crippen LogP contribution >= 0.6 is 0 Å². The van der Waals surface area contributed by atoms with Crippen molar-refractivity contribution in [1.82, 2.24) is 5.32 Å². The molecule has 0 amide bonds. The van der Waals surface area contributed by atoms with Crippen LogP contribution in [-0.4, -0.2) is 12.6 Å². The fourth-order valence-electron chi connectivity index (χ4n) is 4.17. The van der Waals surface area contributed by atoms with Crippen molar-refractivity contribution in [2.45, 2.75) is 58.6 Å². The molecule has 2 nitrogen and oxygen atoms in total. The largest absolute Gasteiger partial charge is 0.491 e. The summed E-state index contributed by atoms with van der Waals surface area (Å²) in [7, 11) is 0. The van der Waals surface area contributed by atoms with Crippen molar-refractivity contribution in [3.8, 4) is 5.75 Å². The summed E-state index contributed by atoms with van der Waals surface area (Å²) in [6.45, 7) is 7.51. The Morgan fingerprint density at radius 2 is 1.81 bits per heavy atom. The van der Waals surface area contributed by atoms with Crippen molar-refractivity contribution in [1.29, 1.82) is 0 Å². The average molecular weight is 287 g/mol. The minimum Gasteiger partial charge on any atom is -0.491 e. The lowest BCUT2D eigenvalue weighted by Gasteiger charge is -2.21. The lowest BCUT2D eigenvalue weighted by Crippen LogP contribution is -2.25. The molecule has 0 radical (unpaired) electrons. The standard InChI is InChI=1S/C19H29NO/c1-4-12-20-19(18-16-6-5-7-17(16)18)14-8-10-15(11-9-14)21-13(2)3/h8-11,13,16-20H,4-7,12H2,1-3H3. The van der Waals surface area contributed by atoms with Crippen LogP contribution in [0.3, 0.4) is 0 Å². The Balaban J connectivity index is 1.70. The third-order valence-electron chi connectivity index (χ3n) is 5.08.